The van der Waals surface area contributed by atoms with E-state index in [0.29, 0.717) is 17.8 Å². The highest BCUT2D eigenvalue weighted by molar-refractivity contribution is 7.92. The second-order valence-electron chi connectivity index (χ2n) is 10.1. The van der Waals surface area contributed by atoms with Crippen molar-refractivity contribution in [3.8, 4) is 0 Å². The van der Waals surface area contributed by atoms with Crippen molar-refractivity contribution in [3.05, 3.63) is 101 Å². The number of nitrogens with zero attached hydrogens (tertiary/aromatic N) is 2. The third-order valence-electron chi connectivity index (χ3n) is 6.19. The first kappa shape index (κ1) is 29.8. The van der Waals surface area contributed by atoms with Gasteiger partial charge in [0.1, 0.15) is 18.4 Å². The van der Waals surface area contributed by atoms with Gasteiger partial charge in [-0.15, -0.1) is 0 Å². The first-order valence-corrected chi connectivity index (χ1v) is 14.7. The molecule has 0 bridgehead atoms. The number of hydrogen-bond donors (Lipinski definition) is 1. The standard InChI is InChI=1S/C30H36FN3O4S/c1-22(2)19-32-30(36)28(18-24-10-6-5-7-11-24)33(20-25-13-15-26(31)16-14-25)29(35)21-34(39(4,37)38)27-12-8-9-23(3)17-27/h5-17,22,28H,18-21H2,1-4H3,(H,32,36)/t28-/m1/s1. The van der Waals surface area contributed by atoms with Crippen LogP contribution in [0.15, 0.2) is 78.9 Å². The summed E-state index contributed by atoms with van der Waals surface area (Å²) in [5.41, 5.74) is 2.65. The Morgan fingerprint density at radius 2 is 1.59 bits per heavy atom. The van der Waals surface area contributed by atoms with Crippen molar-refractivity contribution in [1.82, 2.24) is 10.2 Å². The lowest BCUT2D eigenvalue weighted by molar-refractivity contribution is -0.140. The number of nitrogens with one attached hydrogen (secondary N) is 1. The average Bonchev–Trinajstić information content (AvgIpc) is 2.88. The topological polar surface area (TPSA) is 86.8 Å². The second kappa shape index (κ2) is 13.4. The zero-order valence-corrected chi connectivity index (χ0v) is 23.6. The maximum atomic E-state index is 14.0. The molecule has 39 heavy (non-hydrogen) atoms. The van der Waals surface area contributed by atoms with Gasteiger partial charge in [-0.05, 0) is 53.8 Å². The molecule has 3 aromatic carbocycles. The van der Waals surface area contributed by atoms with E-state index in [-0.39, 0.29) is 24.8 Å². The lowest BCUT2D eigenvalue weighted by Crippen LogP contribution is -2.53. The van der Waals surface area contributed by atoms with E-state index in [4.69, 9.17) is 0 Å². The number of sulfonamides is 1. The summed E-state index contributed by atoms with van der Waals surface area (Å²) in [6.07, 6.45) is 1.27. The van der Waals surface area contributed by atoms with Crippen LogP contribution in [0.3, 0.4) is 0 Å². The van der Waals surface area contributed by atoms with Crippen molar-refractivity contribution in [2.75, 3.05) is 23.7 Å². The van der Waals surface area contributed by atoms with Crippen molar-refractivity contribution in [3.63, 3.8) is 0 Å². The van der Waals surface area contributed by atoms with Crippen LogP contribution in [0.2, 0.25) is 0 Å². The Labute approximate surface area is 230 Å². The molecular weight excluding hydrogens is 517 g/mol. The largest absolute Gasteiger partial charge is 0.354 e. The van der Waals surface area contributed by atoms with Gasteiger partial charge in [-0.2, -0.15) is 0 Å². The van der Waals surface area contributed by atoms with Gasteiger partial charge in [0.25, 0.3) is 0 Å². The smallest absolute Gasteiger partial charge is 0.244 e. The minimum Gasteiger partial charge on any atom is -0.354 e. The van der Waals surface area contributed by atoms with Crippen LogP contribution in [0.25, 0.3) is 0 Å². The highest BCUT2D eigenvalue weighted by Crippen LogP contribution is 2.21. The van der Waals surface area contributed by atoms with Gasteiger partial charge >= 0.3 is 0 Å². The molecule has 0 unspecified atom stereocenters. The quantitative estimate of drug-likeness (QED) is 0.362. The highest BCUT2D eigenvalue weighted by Gasteiger charge is 2.33. The predicted molar refractivity (Wildman–Crippen MR) is 152 cm³/mol. The van der Waals surface area contributed by atoms with Gasteiger partial charge in [0.05, 0.1) is 11.9 Å². The van der Waals surface area contributed by atoms with Crippen LogP contribution >= 0.6 is 0 Å². The molecule has 0 radical (unpaired) electrons. The number of benzene rings is 3. The highest BCUT2D eigenvalue weighted by atomic mass is 32.2. The van der Waals surface area contributed by atoms with Gasteiger partial charge < -0.3 is 10.2 Å². The summed E-state index contributed by atoms with van der Waals surface area (Å²) in [5, 5.41) is 2.93. The van der Waals surface area contributed by atoms with Crippen LogP contribution in [0.4, 0.5) is 10.1 Å². The van der Waals surface area contributed by atoms with Crippen LogP contribution in [0.5, 0.6) is 0 Å². The summed E-state index contributed by atoms with van der Waals surface area (Å²) in [6, 6.07) is 21.0. The first-order valence-electron chi connectivity index (χ1n) is 12.8. The monoisotopic (exact) mass is 553 g/mol. The minimum atomic E-state index is -3.83. The fourth-order valence-corrected chi connectivity index (χ4v) is 5.00. The lowest BCUT2D eigenvalue weighted by atomic mass is 10.0. The molecule has 0 aliphatic heterocycles. The van der Waals surface area contributed by atoms with Gasteiger partial charge in [-0.25, -0.2) is 12.8 Å². The van der Waals surface area contributed by atoms with Crippen molar-refractivity contribution < 1.29 is 22.4 Å². The van der Waals surface area contributed by atoms with Gasteiger partial charge in [0, 0.05) is 19.5 Å². The maximum absolute atomic E-state index is 14.0. The van der Waals surface area contributed by atoms with Crippen molar-refractivity contribution >= 4 is 27.5 Å². The molecule has 208 valence electrons. The molecule has 7 nitrogen and oxygen atoms in total. The fraction of sp³-hybridized carbons (Fsp3) is 0.333. The predicted octanol–water partition coefficient (Wildman–Crippen LogP) is 4.31. The second-order valence-corrected chi connectivity index (χ2v) is 12.0. The number of aryl methyl sites for hydroxylation is 1. The molecule has 0 fully saturated rings. The van der Waals surface area contributed by atoms with Gasteiger partial charge in [-0.3, -0.25) is 13.9 Å². The number of halogens is 1. The summed E-state index contributed by atoms with van der Waals surface area (Å²) < 4.78 is 40.3. The van der Waals surface area contributed by atoms with E-state index < -0.39 is 34.3 Å². The van der Waals surface area contributed by atoms with E-state index >= 15 is 0 Å². The number of hydrogen-bond acceptors (Lipinski definition) is 4. The van der Waals surface area contributed by atoms with E-state index in [1.807, 2.05) is 57.2 Å². The normalized spacial score (nSPS) is 12.2. The Hall–Kier alpha value is -3.72. The molecular formula is C30H36FN3O4S. The third kappa shape index (κ3) is 8.92. The van der Waals surface area contributed by atoms with Gasteiger partial charge in [-0.1, -0.05) is 68.4 Å². The van der Waals surface area contributed by atoms with E-state index in [2.05, 4.69) is 5.32 Å². The Kier molecular flexibility index (Phi) is 10.2. The molecule has 0 spiro atoms. The van der Waals surface area contributed by atoms with Gasteiger partial charge in [0.15, 0.2) is 0 Å². The van der Waals surface area contributed by atoms with Crippen LogP contribution < -0.4 is 9.62 Å². The number of carbonyl (C=O) groups excluding carboxylic acids is 2. The molecule has 0 aliphatic rings. The van der Waals surface area contributed by atoms with E-state index in [0.717, 1.165) is 21.7 Å². The Morgan fingerprint density at radius 1 is 0.923 bits per heavy atom. The summed E-state index contributed by atoms with van der Waals surface area (Å²) in [4.78, 5) is 28.9. The van der Waals surface area contributed by atoms with E-state index in [1.165, 1.54) is 17.0 Å². The number of rotatable bonds is 12. The molecule has 3 aromatic rings. The Balaban J connectivity index is 2.04. The number of anilines is 1. The van der Waals surface area contributed by atoms with E-state index in [1.54, 1.807) is 30.3 Å². The average molecular weight is 554 g/mol. The summed E-state index contributed by atoms with van der Waals surface area (Å²) in [7, 11) is -3.83. The van der Waals surface area contributed by atoms with Gasteiger partial charge in [0.2, 0.25) is 21.8 Å². The number of carbonyl (C=O) groups is 2. The van der Waals surface area contributed by atoms with Crippen LogP contribution in [0, 0.1) is 18.7 Å². The van der Waals surface area contributed by atoms with Crippen LogP contribution in [-0.2, 0) is 32.6 Å². The Morgan fingerprint density at radius 3 is 2.18 bits per heavy atom. The maximum Gasteiger partial charge on any atom is 0.244 e. The zero-order valence-electron chi connectivity index (χ0n) is 22.8. The molecule has 0 saturated carbocycles. The summed E-state index contributed by atoms with van der Waals surface area (Å²) in [5.74, 6) is -1.12. The summed E-state index contributed by atoms with van der Waals surface area (Å²) >= 11 is 0. The minimum absolute atomic E-state index is 0.00285. The van der Waals surface area contributed by atoms with Crippen molar-refractivity contribution in [2.45, 2.75) is 39.8 Å². The zero-order chi connectivity index (χ0) is 28.6. The molecule has 0 saturated heterocycles. The molecule has 1 atom stereocenters. The molecule has 1 N–H and O–H groups in total. The Bertz CT molecular complexity index is 1360. The fourth-order valence-electron chi connectivity index (χ4n) is 4.16. The van der Waals surface area contributed by atoms with E-state index in [9.17, 15) is 22.4 Å². The van der Waals surface area contributed by atoms with Crippen LogP contribution in [-0.4, -0.2) is 50.5 Å². The SMILES string of the molecule is Cc1cccc(N(CC(=O)N(Cc2ccc(F)cc2)[C@H](Cc2ccccc2)C(=O)NCC(C)C)S(C)(=O)=O)c1. The summed E-state index contributed by atoms with van der Waals surface area (Å²) in [6.45, 7) is 5.70. The number of amides is 2. The molecule has 0 aromatic heterocycles. The third-order valence-corrected chi connectivity index (χ3v) is 7.33. The molecule has 0 aliphatic carbocycles. The molecule has 2 amide bonds. The van der Waals surface area contributed by atoms with Crippen molar-refractivity contribution in [2.24, 2.45) is 5.92 Å². The van der Waals surface area contributed by atoms with Crippen LogP contribution in [0.1, 0.15) is 30.5 Å². The lowest BCUT2D eigenvalue weighted by Gasteiger charge is -2.33. The van der Waals surface area contributed by atoms with Crippen molar-refractivity contribution in [1.29, 1.82) is 0 Å². The molecule has 9 heteroatoms. The molecule has 3 rings (SSSR count). The first-order chi connectivity index (χ1) is 18.4. The molecule has 0 heterocycles.